The molecule has 0 spiro atoms. The minimum Gasteiger partial charge on any atom is -0.465 e. The molecular weight excluding hydrogens is 334 g/mol. The van der Waals surface area contributed by atoms with Crippen LogP contribution < -0.4 is 4.74 Å². The average Bonchev–Trinajstić information content (AvgIpc) is 3.45. The Morgan fingerprint density at radius 3 is 2.54 bits per heavy atom. The predicted molar refractivity (Wildman–Crippen MR) is 95.5 cm³/mol. The van der Waals surface area contributed by atoms with Crippen molar-refractivity contribution in [2.45, 2.75) is 38.6 Å². The van der Waals surface area contributed by atoms with Crippen molar-refractivity contribution in [1.29, 1.82) is 0 Å². The molecule has 4 rings (SSSR count). The zero-order valence-corrected chi connectivity index (χ0v) is 15.1. The summed E-state index contributed by atoms with van der Waals surface area (Å²) < 4.78 is 18.1. The minimum absolute atomic E-state index is 0.127. The van der Waals surface area contributed by atoms with Gasteiger partial charge in [-0.25, -0.2) is 4.79 Å². The van der Waals surface area contributed by atoms with E-state index in [1.54, 1.807) is 12.1 Å². The lowest BCUT2D eigenvalue weighted by molar-refractivity contribution is -0.141. The van der Waals surface area contributed by atoms with Gasteiger partial charge in [-0.15, -0.1) is 0 Å². The van der Waals surface area contributed by atoms with E-state index >= 15 is 0 Å². The molecule has 1 saturated carbocycles. The van der Waals surface area contributed by atoms with Crippen LogP contribution in [-0.2, 0) is 14.3 Å². The van der Waals surface area contributed by atoms with E-state index in [2.05, 4.69) is 4.57 Å². The van der Waals surface area contributed by atoms with E-state index < -0.39 is 0 Å². The zero-order valence-electron chi connectivity index (χ0n) is 15.1. The largest absolute Gasteiger partial charge is 0.465 e. The number of rotatable bonds is 4. The van der Waals surface area contributed by atoms with Crippen molar-refractivity contribution in [3.05, 3.63) is 29.5 Å². The summed E-state index contributed by atoms with van der Waals surface area (Å²) in [5, 5.41) is 0.776. The van der Waals surface area contributed by atoms with E-state index in [-0.39, 0.29) is 17.9 Å². The van der Waals surface area contributed by atoms with E-state index in [0.717, 1.165) is 29.4 Å². The molecule has 1 aliphatic carbocycles. The van der Waals surface area contributed by atoms with Crippen LogP contribution in [0.25, 0.3) is 10.9 Å². The van der Waals surface area contributed by atoms with Crippen molar-refractivity contribution in [3.63, 3.8) is 0 Å². The molecule has 138 valence electrons. The summed E-state index contributed by atoms with van der Waals surface area (Å²) in [5.41, 5.74) is 2.44. The number of benzene rings is 1. The Morgan fingerprint density at radius 2 is 1.88 bits per heavy atom. The van der Waals surface area contributed by atoms with Crippen LogP contribution in [0, 0.1) is 12.8 Å². The van der Waals surface area contributed by atoms with Gasteiger partial charge in [0.1, 0.15) is 5.75 Å². The fourth-order valence-electron chi connectivity index (χ4n) is 3.78. The molecule has 2 fully saturated rings. The summed E-state index contributed by atoms with van der Waals surface area (Å²) in [7, 11) is 1.39. The fourth-order valence-corrected chi connectivity index (χ4v) is 3.78. The SMILES string of the molecule is COC(=O)c1c(C)n(C2CC2)c2ccc(OC(=O)C3CCOCC3)cc12. The van der Waals surface area contributed by atoms with Gasteiger partial charge in [0.05, 0.1) is 18.6 Å². The van der Waals surface area contributed by atoms with Crippen molar-refractivity contribution < 1.29 is 23.8 Å². The minimum atomic E-state index is -0.361. The van der Waals surface area contributed by atoms with E-state index in [1.165, 1.54) is 7.11 Å². The number of carbonyl (C=O) groups excluding carboxylic acids is 2. The first-order valence-electron chi connectivity index (χ1n) is 9.12. The highest BCUT2D eigenvalue weighted by atomic mass is 16.5. The highest BCUT2D eigenvalue weighted by molar-refractivity contribution is 6.06. The molecule has 1 aliphatic heterocycles. The van der Waals surface area contributed by atoms with Crippen molar-refractivity contribution >= 4 is 22.8 Å². The molecule has 1 aromatic heterocycles. The number of carbonyl (C=O) groups is 2. The first-order valence-corrected chi connectivity index (χ1v) is 9.12. The molecular formula is C20H23NO5. The summed E-state index contributed by atoms with van der Waals surface area (Å²) >= 11 is 0. The maximum atomic E-state index is 12.4. The van der Waals surface area contributed by atoms with Gasteiger partial charge < -0.3 is 18.8 Å². The molecule has 6 heteroatoms. The van der Waals surface area contributed by atoms with Crippen LogP contribution in [0.15, 0.2) is 18.2 Å². The standard InChI is InChI=1S/C20H23NO5/c1-12-18(20(23)24-2)16-11-15(5-6-17(16)21(12)14-3-4-14)26-19(22)13-7-9-25-10-8-13/h5-6,11,13-14H,3-4,7-10H2,1-2H3. The van der Waals surface area contributed by atoms with Crippen LogP contribution in [0.3, 0.4) is 0 Å². The Balaban J connectivity index is 1.69. The summed E-state index contributed by atoms with van der Waals surface area (Å²) in [5.74, 6) is -0.255. The first kappa shape index (κ1) is 17.1. The van der Waals surface area contributed by atoms with Crippen molar-refractivity contribution in [1.82, 2.24) is 4.57 Å². The van der Waals surface area contributed by atoms with Crippen LogP contribution in [0.1, 0.15) is 47.8 Å². The number of esters is 2. The highest BCUT2D eigenvalue weighted by Gasteiger charge is 2.31. The molecule has 2 heterocycles. The molecule has 0 N–H and O–H groups in total. The third kappa shape index (κ3) is 2.98. The Morgan fingerprint density at radius 1 is 1.15 bits per heavy atom. The molecule has 26 heavy (non-hydrogen) atoms. The van der Waals surface area contributed by atoms with E-state index in [0.29, 0.717) is 43.4 Å². The zero-order chi connectivity index (χ0) is 18.3. The van der Waals surface area contributed by atoms with Gasteiger partial charge in [-0.1, -0.05) is 0 Å². The second kappa shape index (κ2) is 6.76. The quantitative estimate of drug-likeness (QED) is 0.620. The molecule has 0 bridgehead atoms. The van der Waals surface area contributed by atoms with E-state index in [4.69, 9.17) is 14.2 Å². The number of ether oxygens (including phenoxy) is 3. The van der Waals surface area contributed by atoms with Crippen LogP contribution in [0.4, 0.5) is 0 Å². The van der Waals surface area contributed by atoms with Crippen molar-refractivity contribution in [2.75, 3.05) is 20.3 Å². The molecule has 0 radical (unpaired) electrons. The number of fused-ring (bicyclic) bond motifs is 1. The maximum Gasteiger partial charge on any atom is 0.340 e. The third-order valence-electron chi connectivity index (χ3n) is 5.29. The third-order valence-corrected chi connectivity index (χ3v) is 5.29. The lowest BCUT2D eigenvalue weighted by Crippen LogP contribution is -2.27. The van der Waals surface area contributed by atoms with E-state index in [9.17, 15) is 9.59 Å². The predicted octanol–water partition coefficient (Wildman–Crippen LogP) is 3.40. The second-order valence-electron chi connectivity index (χ2n) is 7.04. The van der Waals surface area contributed by atoms with Gasteiger partial charge in [0, 0.05) is 35.9 Å². The van der Waals surface area contributed by atoms with Gasteiger partial charge in [0.25, 0.3) is 0 Å². The number of hydrogen-bond acceptors (Lipinski definition) is 5. The Bertz CT molecular complexity index is 859. The van der Waals surface area contributed by atoms with E-state index in [1.807, 2.05) is 13.0 Å². The van der Waals surface area contributed by atoms with Gasteiger partial charge in [-0.05, 0) is 50.8 Å². The van der Waals surface area contributed by atoms with Crippen LogP contribution in [0.2, 0.25) is 0 Å². The smallest absolute Gasteiger partial charge is 0.340 e. The molecule has 0 unspecified atom stereocenters. The Hall–Kier alpha value is -2.34. The maximum absolute atomic E-state index is 12.4. The Kier molecular flexibility index (Phi) is 4.44. The van der Waals surface area contributed by atoms with Crippen LogP contribution in [0.5, 0.6) is 5.75 Å². The van der Waals surface area contributed by atoms with Crippen molar-refractivity contribution in [3.8, 4) is 5.75 Å². The molecule has 0 amide bonds. The van der Waals surface area contributed by atoms with Gasteiger partial charge in [0.2, 0.25) is 0 Å². The normalized spacial score (nSPS) is 18.1. The number of nitrogens with zero attached hydrogens (tertiary/aromatic N) is 1. The number of methoxy groups -OCH3 is 1. The summed E-state index contributed by atoms with van der Waals surface area (Å²) in [6.45, 7) is 3.13. The summed E-state index contributed by atoms with van der Waals surface area (Å²) in [4.78, 5) is 24.7. The fraction of sp³-hybridized carbons (Fsp3) is 0.500. The van der Waals surface area contributed by atoms with Crippen molar-refractivity contribution in [2.24, 2.45) is 5.92 Å². The number of aromatic nitrogens is 1. The highest BCUT2D eigenvalue weighted by Crippen LogP contribution is 2.42. The van der Waals surface area contributed by atoms with Gasteiger partial charge in [-0.2, -0.15) is 0 Å². The van der Waals surface area contributed by atoms with Crippen LogP contribution >= 0.6 is 0 Å². The molecule has 1 aromatic carbocycles. The summed E-state index contributed by atoms with van der Waals surface area (Å²) in [6, 6.07) is 5.95. The average molecular weight is 357 g/mol. The molecule has 6 nitrogen and oxygen atoms in total. The molecule has 0 atom stereocenters. The van der Waals surface area contributed by atoms with Gasteiger partial charge in [-0.3, -0.25) is 4.79 Å². The lowest BCUT2D eigenvalue weighted by Gasteiger charge is -2.20. The molecule has 2 aliphatic rings. The van der Waals surface area contributed by atoms with Gasteiger partial charge >= 0.3 is 11.9 Å². The summed E-state index contributed by atoms with van der Waals surface area (Å²) in [6.07, 6.45) is 3.61. The van der Waals surface area contributed by atoms with Gasteiger partial charge in [0.15, 0.2) is 0 Å². The first-order chi connectivity index (χ1) is 12.6. The lowest BCUT2D eigenvalue weighted by atomic mass is 10.0. The monoisotopic (exact) mass is 357 g/mol. The Labute approximate surface area is 152 Å². The number of hydrogen-bond donors (Lipinski definition) is 0. The topological polar surface area (TPSA) is 66.8 Å². The van der Waals surface area contributed by atoms with Crippen LogP contribution in [-0.4, -0.2) is 36.8 Å². The second-order valence-corrected chi connectivity index (χ2v) is 7.04. The molecule has 1 saturated heterocycles. The molecule has 2 aromatic rings.